The van der Waals surface area contributed by atoms with Crippen LogP contribution in [-0.4, -0.2) is 18.7 Å². The molecule has 0 atom stereocenters. The van der Waals surface area contributed by atoms with Crippen LogP contribution in [0, 0.1) is 5.92 Å². The molecule has 0 aromatic rings. The van der Waals surface area contributed by atoms with Gasteiger partial charge >= 0.3 is 0 Å². The van der Waals surface area contributed by atoms with Crippen LogP contribution in [0.2, 0.25) is 0 Å². The van der Waals surface area contributed by atoms with E-state index < -0.39 is 10.1 Å². The lowest BCUT2D eigenvalue weighted by Crippen LogP contribution is -2.09. The molecule has 13 heavy (non-hydrogen) atoms. The van der Waals surface area contributed by atoms with E-state index >= 15 is 0 Å². The molecule has 0 unspecified atom stereocenters. The lowest BCUT2D eigenvalue weighted by atomic mass is 10.3. The van der Waals surface area contributed by atoms with Gasteiger partial charge < -0.3 is 5.73 Å². The quantitative estimate of drug-likeness (QED) is 0.674. The normalized spacial score (nSPS) is 10.3. The van der Waals surface area contributed by atoms with E-state index in [-0.39, 0.29) is 11.7 Å². The van der Waals surface area contributed by atoms with Crippen molar-refractivity contribution in [2.75, 3.05) is 5.75 Å². The second kappa shape index (κ2) is 6.91. The van der Waals surface area contributed by atoms with Crippen LogP contribution in [0.1, 0.15) is 27.7 Å². The summed E-state index contributed by atoms with van der Waals surface area (Å²) in [7, 11) is -3.72. The lowest BCUT2D eigenvalue weighted by molar-refractivity contribution is 0.473. The van der Waals surface area contributed by atoms with Gasteiger partial charge in [0.05, 0.1) is 5.75 Å². The first kappa shape index (κ1) is 14.9. The van der Waals surface area contributed by atoms with Gasteiger partial charge in [-0.15, -0.1) is 0 Å². The smallest absolute Gasteiger partial charge is 0.265 e. The summed E-state index contributed by atoms with van der Waals surface area (Å²) in [5.74, 6) is -0.141. The molecule has 80 valence electrons. The van der Waals surface area contributed by atoms with Crippen molar-refractivity contribution in [3.05, 3.63) is 11.8 Å². The van der Waals surface area contributed by atoms with Crippen LogP contribution in [0.5, 0.6) is 0 Å². The summed E-state index contributed by atoms with van der Waals surface area (Å²) in [6, 6.07) is 0. The third-order valence-electron chi connectivity index (χ3n) is 0.877. The number of hydrogen-bond acceptors (Lipinski definition) is 3. The van der Waals surface area contributed by atoms with Gasteiger partial charge in [0.1, 0.15) is 0 Å². The van der Waals surface area contributed by atoms with Gasteiger partial charge in [-0.25, -0.2) is 0 Å². The Labute approximate surface area is 80.6 Å². The SMILES string of the molecule is CC(C)=CN.CC(C)CS(=O)(=O)O. The Morgan fingerprint density at radius 2 is 1.77 bits per heavy atom. The van der Waals surface area contributed by atoms with Gasteiger partial charge in [-0.05, 0) is 26.0 Å². The van der Waals surface area contributed by atoms with Crippen molar-refractivity contribution in [3.8, 4) is 0 Å². The summed E-state index contributed by atoms with van der Waals surface area (Å²) in [5.41, 5.74) is 6.17. The minimum Gasteiger partial charge on any atom is -0.405 e. The highest BCUT2D eigenvalue weighted by molar-refractivity contribution is 7.85. The monoisotopic (exact) mass is 209 g/mol. The van der Waals surface area contributed by atoms with Gasteiger partial charge in [0.25, 0.3) is 10.1 Å². The summed E-state index contributed by atoms with van der Waals surface area (Å²) >= 11 is 0. The Morgan fingerprint density at radius 1 is 1.46 bits per heavy atom. The van der Waals surface area contributed by atoms with Crippen molar-refractivity contribution in [1.82, 2.24) is 0 Å². The average molecular weight is 209 g/mol. The minimum absolute atomic E-state index is 0.00463. The predicted octanol–water partition coefficient (Wildman–Crippen LogP) is 1.40. The number of allylic oxidation sites excluding steroid dienone is 1. The van der Waals surface area contributed by atoms with Gasteiger partial charge in [-0.1, -0.05) is 19.4 Å². The largest absolute Gasteiger partial charge is 0.405 e. The fourth-order valence-electron chi connectivity index (χ4n) is 0.421. The molecule has 0 bridgehead atoms. The van der Waals surface area contributed by atoms with E-state index in [0.29, 0.717) is 0 Å². The summed E-state index contributed by atoms with van der Waals surface area (Å²) in [5, 5.41) is 0. The van der Waals surface area contributed by atoms with Gasteiger partial charge in [-0.3, -0.25) is 4.55 Å². The van der Waals surface area contributed by atoms with Crippen LogP contribution < -0.4 is 5.73 Å². The molecule has 0 aromatic carbocycles. The Hall–Kier alpha value is -0.550. The lowest BCUT2D eigenvalue weighted by Gasteiger charge is -1.97. The second-order valence-corrected chi connectivity index (χ2v) is 4.88. The number of rotatable bonds is 2. The van der Waals surface area contributed by atoms with Gasteiger partial charge in [0.15, 0.2) is 0 Å². The first-order chi connectivity index (χ1) is 5.69. The molecule has 0 aliphatic rings. The molecule has 0 aliphatic heterocycles. The molecule has 0 rings (SSSR count). The van der Waals surface area contributed by atoms with Crippen LogP contribution in [0.25, 0.3) is 0 Å². The molecule has 0 saturated heterocycles. The van der Waals surface area contributed by atoms with E-state index in [1.807, 2.05) is 13.8 Å². The molecule has 5 heteroatoms. The fourth-order valence-corrected chi connectivity index (χ4v) is 1.26. The summed E-state index contributed by atoms with van der Waals surface area (Å²) in [4.78, 5) is 0. The van der Waals surface area contributed by atoms with E-state index in [2.05, 4.69) is 0 Å². The third-order valence-corrected chi connectivity index (χ3v) is 1.97. The van der Waals surface area contributed by atoms with Crippen molar-refractivity contribution < 1.29 is 13.0 Å². The molecular formula is C8H19NO3S. The molecule has 0 saturated carbocycles. The van der Waals surface area contributed by atoms with Gasteiger partial charge in [0.2, 0.25) is 0 Å². The van der Waals surface area contributed by atoms with Gasteiger partial charge in [0, 0.05) is 0 Å². The molecule has 0 heterocycles. The molecule has 0 spiro atoms. The zero-order valence-corrected chi connectivity index (χ0v) is 9.43. The highest BCUT2D eigenvalue weighted by Crippen LogP contribution is 1.95. The summed E-state index contributed by atoms with van der Waals surface area (Å²) in [6.07, 6.45) is 1.58. The molecule has 0 amide bonds. The van der Waals surface area contributed by atoms with E-state index in [1.54, 1.807) is 20.0 Å². The molecule has 0 radical (unpaired) electrons. The zero-order chi connectivity index (χ0) is 11.1. The molecular weight excluding hydrogens is 190 g/mol. The Balaban J connectivity index is 0. The molecule has 0 aliphatic carbocycles. The van der Waals surface area contributed by atoms with E-state index in [9.17, 15) is 8.42 Å². The molecule has 4 nitrogen and oxygen atoms in total. The standard InChI is InChI=1S/C4H9N.C4H10O3S/c1-4(2)3-5;1-4(2)3-8(5,6)7/h3H,5H2,1-2H3;4H,3H2,1-2H3,(H,5,6,7). The van der Waals surface area contributed by atoms with E-state index in [0.717, 1.165) is 5.57 Å². The summed E-state index contributed by atoms with van der Waals surface area (Å²) in [6.45, 7) is 7.38. The van der Waals surface area contributed by atoms with Crippen molar-refractivity contribution in [3.63, 3.8) is 0 Å². The predicted molar refractivity (Wildman–Crippen MR) is 54.9 cm³/mol. The fraction of sp³-hybridized carbons (Fsp3) is 0.750. The number of nitrogens with two attached hydrogens (primary N) is 1. The van der Waals surface area contributed by atoms with Crippen molar-refractivity contribution in [1.29, 1.82) is 0 Å². The van der Waals surface area contributed by atoms with Gasteiger partial charge in [-0.2, -0.15) is 8.42 Å². The minimum atomic E-state index is -3.72. The molecule has 0 fully saturated rings. The van der Waals surface area contributed by atoms with Crippen LogP contribution in [0.3, 0.4) is 0 Å². The van der Waals surface area contributed by atoms with Crippen molar-refractivity contribution in [2.45, 2.75) is 27.7 Å². The maximum absolute atomic E-state index is 10.00. The van der Waals surface area contributed by atoms with Crippen LogP contribution in [0.15, 0.2) is 11.8 Å². The first-order valence-electron chi connectivity index (χ1n) is 3.99. The Kier molecular flexibility index (Phi) is 7.95. The number of hydrogen-bond donors (Lipinski definition) is 2. The summed E-state index contributed by atoms with van der Waals surface area (Å²) < 4.78 is 28.2. The Bertz CT molecular complexity index is 238. The van der Waals surface area contributed by atoms with Crippen LogP contribution in [0.4, 0.5) is 0 Å². The van der Waals surface area contributed by atoms with Crippen LogP contribution >= 0.6 is 0 Å². The highest BCUT2D eigenvalue weighted by Gasteiger charge is 2.05. The molecule has 3 N–H and O–H groups in total. The van der Waals surface area contributed by atoms with Crippen molar-refractivity contribution >= 4 is 10.1 Å². The highest BCUT2D eigenvalue weighted by atomic mass is 32.2. The van der Waals surface area contributed by atoms with Crippen LogP contribution in [-0.2, 0) is 10.1 Å². The maximum atomic E-state index is 10.00. The van der Waals surface area contributed by atoms with E-state index in [1.165, 1.54) is 0 Å². The second-order valence-electron chi connectivity index (χ2n) is 3.39. The third kappa shape index (κ3) is 24.6. The average Bonchev–Trinajstić information content (AvgIpc) is 1.83. The topological polar surface area (TPSA) is 80.4 Å². The van der Waals surface area contributed by atoms with Crippen molar-refractivity contribution in [2.24, 2.45) is 11.7 Å². The maximum Gasteiger partial charge on any atom is 0.265 e. The zero-order valence-electron chi connectivity index (χ0n) is 8.61. The molecule has 0 aromatic heterocycles. The first-order valence-corrected chi connectivity index (χ1v) is 5.60. The van der Waals surface area contributed by atoms with E-state index in [4.69, 9.17) is 10.3 Å². The Morgan fingerprint density at radius 3 is 1.77 bits per heavy atom.